The van der Waals surface area contributed by atoms with Gasteiger partial charge in [0.15, 0.2) is 5.78 Å². The smallest absolute Gasteiger partial charge is 0.163 e. The first-order valence-corrected chi connectivity index (χ1v) is 7.32. The van der Waals surface area contributed by atoms with Gasteiger partial charge in [0.2, 0.25) is 0 Å². The average molecular weight is 278 g/mol. The summed E-state index contributed by atoms with van der Waals surface area (Å²) in [6.45, 7) is 0. The highest BCUT2D eigenvalue weighted by Gasteiger charge is 2.22. The number of hydrogen-bond acceptors (Lipinski definition) is 2. The maximum atomic E-state index is 11.9. The van der Waals surface area contributed by atoms with Crippen LogP contribution in [0.25, 0.3) is 5.76 Å². The molecule has 2 aromatic rings. The Bertz CT molecular complexity index is 629. The highest BCUT2D eigenvalue weighted by molar-refractivity contribution is 5.97. The van der Waals surface area contributed by atoms with Gasteiger partial charge in [0.1, 0.15) is 11.9 Å². The second-order valence-corrected chi connectivity index (χ2v) is 5.31. The molecule has 3 rings (SSSR count). The van der Waals surface area contributed by atoms with E-state index in [2.05, 4.69) is 12.1 Å². The predicted octanol–water partition coefficient (Wildman–Crippen LogP) is 4.02. The summed E-state index contributed by atoms with van der Waals surface area (Å²) in [5.41, 5.74) is 2.25. The third-order valence-electron chi connectivity index (χ3n) is 3.67. The van der Waals surface area contributed by atoms with Gasteiger partial charge in [-0.1, -0.05) is 60.7 Å². The van der Waals surface area contributed by atoms with E-state index in [0.29, 0.717) is 12.2 Å². The summed E-state index contributed by atoms with van der Waals surface area (Å²) in [5, 5.41) is 0. The van der Waals surface area contributed by atoms with E-state index in [-0.39, 0.29) is 11.9 Å². The van der Waals surface area contributed by atoms with Crippen molar-refractivity contribution in [2.45, 2.75) is 25.4 Å². The number of carbonyl (C=O) groups is 1. The third-order valence-corrected chi connectivity index (χ3v) is 3.67. The minimum Gasteiger partial charge on any atom is -0.489 e. The number of carbonyl (C=O) groups excluding carboxylic acids is 1. The van der Waals surface area contributed by atoms with Crippen LogP contribution in [0.15, 0.2) is 66.7 Å². The summed E-state index contributed by atoms with van der Waals surface area (Å²) in [4.78, 5) is 11.9. The van der Waals surface area contributed by atoms with Crippen LogP contribution in [0, 0.1) is 0 Å². The van der Waals surface area contributed by atoms with Gasteiger partial charge in [-0.15, -0.1) is 0 Å². The van der Waals surface area contributed by atoms with Crippen molar-refractivity contribution in [1.29, 1.82) is 0 Å². The molecule has 0 bridgehead atoms. The number of allylic oxidation sites excluding steroid dienone is 1. The summed E-state index contributed by atoms with van der Waals surface area (Å²) in [6, 6.07) is 20.1. The molecule has 0 N–H and O–H groups in total. The predicted molar refractivity (Wildman–Crippen MR) is 83.7 cm³/mol. The largest absolute Gasteiger partial charge is 0.489 e. The molecule has 0 amide bonds. The van der Waals surface area contributed by atoms with Gasteiger partial charge in [-0.05, 0) is 18.4 Å². The Morgan fingerprint density at radius 2 is 1.62 bits per heavy atom. The Morgan fingerprint density at radius 3 is 2.33 bits per heavy atom. The number of rotatable bonds is 4. The first-order chi connectivity index (χ1) is 10.3. The highest BCUT2D eigenvalue weighted by atomic mass is 16.5. The number of hydrogen-bond donors (Lipinski definition) is 0. The standard InChI is InChI=1S/C19H18O2/c20-17-13-18(12-11-15-7-3-1-4-8-15)21-19(14-17)16-9-5-2-6-10-16/h1-10,14,18H,11-13H2. The Balaban J connectivity index is 1.66. The van der Waals surface area contributed by atoms with Crippen molar-refractivity contribution in [3.05, 3.63) is 77.9 Å². The van der Waals surface area contributed by atoms with Crippen LogP contribution < -0.4 is 0 Å². The topological polar surface area (TPSA) is 26.3 Å². The SMILES string of the molecule is O=C1C=C(c2ccccc2)OC(CCc2ccccc2)C1. The van der Waals surface area contributed by atoms with Crippen LogP contribution in [-0.2, 0) is 16.0 Å². The molecule has 1 heterocycles. The number of ether oxygens (including phenoxy) is 1. The van der Waals surface area contributed by atoms with Crippen molar-refractivity contribution >= 4 is 11.5 Å². The Kier molecular flexibility index (Phi) is 4.15. The molecule has 2 heteroatoms. The van der Waals surface area contributed by atoms with E-state index in [0.717, 1.165) is 18.4 Å². The Labute approximate surface area is 125 Å². The number of benzene rings is 2. The fourth-order valence-electron chi connectivity index (χ4n) is 2.57. The molecule has 1 aliphatic heterocycles. The average Bonchev–Trinajstić information content (AvgIpc) is 2.54. The van der Waals surface area contributed by atoms with Gasteiger partial charge in [0, 0.05) is 18.1 Å². The summed E-state index contributed by atoms with van der Waals surface area (Å²) in [7, 11) is 0. The summed E-state index contributed by atoms with van der Waals surface area (Å²) >= 11 is 0. The fraction of sp³-hybridized carbons (Fsp3) is 0.211. The zero-order valence-corrected chi connectivity index (χ0v) is 11.9. The van der Waals surface area contributed by atoms with E-state index in [1.165, 1.54) is 5.56 Å². The summed E-state index contributed by atoms with van der Waals surface area (Å²) < 4.78 is 6.00. The van der Waals surface area contributed by atoms with Gasteiger partial charge in [0.25, 0.3) is 0 Å². The van der Waals surface area contributed by atoms with E-state index in [1.54, 1.807) is 6.08 Å². The zero-order chi connectivity index (χ0) is 14.5. The van der Waals surface area contributed by atoms with Crippen LogP contribution in [0.3, 0.4) is 0 Å². The quantitative estimate of drug-likeness (QED) is 0.844. The van der Waals surface area contributed by atoms with E-state index in [4.69, 9.17) is 4.74 Å². The van der Waals surface area contributed by atoms with Crippen molar-refractivity contribution in [2.24, 2.45) is 0 Å². The normalized spacial score (nSPS) is 18.0. The van der Waals surface area contributed by atoms with Crippen LogP contribution in [0.4, 0.5) is 0 Å². The van der Waals surface area contributed by atoms with Crippen molar-refractivity contribution in [1.82, 2.24) is 0 Å². The van der Waals surface area contributed by atoms with E-state index in [1.807, 2.05) is 48.5 Å². The number of aryl methyl sites for hydroxylation is 1. The first kappa shape index (κ1) is 13.6. The van der Waals surface area contributed by atoms with E-state index >= 15 is 0 Å². The maximum Gasteiger partial charge on any atom is 0.163 e. The molecule has 2 nitrogen and oxygen atoms in total. The van der Waals surface area contributed by atoms with Gasteiger partial charge in [0.05, 0.1) is 0 Å². The van der Waals surface area contributed by atoms with Gasteiger partial charge < -0.3 is 4.74 Å². The van der Waals surface area contributed by atoms with Crippen molar-refractivity contribution in [2.75, 3.05) is 0 Å². The van der Waals surface area contributed by atoms with Gasteiger partial charge >= 0.3 is 0 Å². The molecular weight excluding hydrogens is 260 g/mol. The second-order valence-electron chi connectivity index (χ2n) is 5.31. The van der Waals surface area contributed by atoms with Gasteiger partial charge in [-0.2, -0.15) is 0 Å². The summed E-state index contributed by atoms with van der Waals surface area (Å²) in [6.07, 6.45) is 3.86. The first-order valence-electron chi connectivity index (χ1n) is 7.32. The molecule has 1 unspecified atom stereocenters. The molecule has 2 aromatic carbocycles. The van der Waals surface area contributed by atoms with Crippen molar-refractivity contribution < 1.29 is 9.53 Å². The van der Waals surface area contributed by atoms with Crippen molar-refractivity contribution in [3.8, 4) is 0 Å². The zero-order valence-electron chi connectivity index (χ0n) is 11.9. The van der Waals surface area contributed by atoms with Crippen LogP contribution in [0.2, 0.25) is 0 Å². The minimum absolute atomic E-state index is 0.0297. The van der Waals surface area contributed by atoms with Gasteiger partial charge in [-0.3, -0.25) is 4.79 Å². The molecule has 1 aliphatic rings. The monoisotopic (exact) mass is 278 g/mol. The molecule has 0 fully saturated rings. The second kappa shape index (κ2) is 6.40. The molecular formula is C19H18O2. The minimum atomic E-state index is -0.0297. The summed E-state index contributed by atoms with van der Waals surface area (Å²) in [5.74, 6) is 0.850. The lowest BCUT2D eigenvalue weighted by molar-refractivity contribution is -0.117. The third kappa shape index (κ3) is 3.60. The van der Waals surface area contributed by atoms with Crippen LogP contribution in [-0.4, -0.2) is 11.9 Å². The van der Waals surface area contributed by atoms with Crippen molar-refractivity contribution in [3.63, 3.8) is 0 Å². The lowest BCUT2D eigenvalue weighted by Crippen LogP contribution is -2.22. The molecule has 1 atom stereocenters. The van der Waals surface area contributed by atoms with Crippen LogP contribution >= 0.6 is 0 Å². The Morgan fingerprint density at radius 1 is 0.952 bits per heavy atom. The molecule has 0 saturated carbocycles. The molecule has 106 valence electrons. The maximum absolute atomic E-state index is 11.9. The van der Waals surface area contributed by atoms with E-state index < -0.39 is 0 Å². The fourth-order valence-corrected chi connectivity index (χ4v) is 2.57. The lowest BCUT2D eigenvalue weighted by atomic mass is 10.00. The van der Waals surface area contributed by atoms with Gasteiger partial charge in [-0.25, -0.2) is 0 Å². The molecule has 21 heavy (non-hydrogen) atoms. The number of ketones is 1. The molecule has 0 aliphatic carbocycles. The Hall–Kier alpha value is -2.35. The molecule has 0 saturated heterocycles. The molecule has 0 aromatic heterocycles. The van der Waals surface area contributed by atoms with E-state index in [9.17, 15) is 4.79 Å². The van der Waals surface area contributed by atoms with Crippen LogP contribution in [0.1, 0.15) is 24.0 Å². The highest BCUT2D eigenvalue weighted by Crippen LogP contribution is 2.26. The molecule has 0 spiro atoms. The lowest BCUT2D eigenvalue weighted by Gasteiger charge is -2.24. The molecule has 0 radical (unpaired) electrons. The van der Waals surface area contributed by atoms with Crippen LogP contribution in [0.5, 0.6) is 0 Å².